The van der Waals surface area contributed by atoms with Crippen molar-refractivity contribution < 1.29 is 18.0 Å². The molecule has 0 fully saturated rings. The van der Waals surface area contributed by atoms with Gasteiger partial charge in [0.05, 0.1) is 10.6 Å². The fourth-order valence-electron chi connectivity index (χ4n) is 1.49. The number of benzene rings is 1. The molecule has 18 heavy (non-hydrogen) atoms. The molecule has 0 spiro atoms. The standard InChI is InChI=1S/C13H14ClF3O/c1-3-8(2)6-12(18)9-4-5-11(14)10(7-9)13(15,16)17/h4-5,7-8H,3,6H2,1-2H3. The summed E-state index contributed by atoms with van der Waals surface area (Å²) in [7, 11) is 0. The van der Waals surface area contributed by atoms with Crippen LogP contribution in [-0.2, 0) is 6.18 Å². The van der Waals surface area contributed by atoms with Gasteiger partial charge in [0, 0.05) is 12.0 Å². The van der Waals surface area contributed by atoms with Crippen LogP contribution in [0.5, 0.6) is 0 Å². The average molecular weight is 279 g/mol. The highest BCUT2D eigenvalue weighted by molar-refractivity contribution is 6.31. The molecule has 0 saturated carbocycles. The van der Waals surface area contributed by atoms with Crippen LogP contribution in [0.4, 0.5) is 13.2 Å². The molecule has 1 rings (SSSR count). The lowest BCUT2D eigenvalue weighted by molar-refractivity contribution is -0.137. The van der Waals surface area contributed by atoms with Crippen LogP contribution in [0.25, 0.3) is 0 Å². The third kappa shape index (κ3) is 3.73. The van der Waals surface area contributed by atoms with Gasteiger partial charge >= 0.3 is 6.18 Å². The van der Waals surface area contributed by atoms with Crippen molar-refractivity contribution in [2.75, 3.05) is 0 Å². The maximum absolute atomic E-state index is 12.6. The topological polar surface area (TPSA) is 17.1 Å². The van der Waals surface area contributed by atoms with E-state index < -0.39 is 11.7 Å². The summed E-state index contributed by atoms with van der Waals surface area (Å²) in [6.07, 6.45) is -3.48. The van der Waals surface area contributed by atoms with E-state index in [9.17, 15) is 18.0 Å². The number of hydrogen-bond donors (Lipinski definition) is 0. The number of halogens is 4. The van der Waals surface area contributed by atoms with Crippen molar-refractivity contribution in [3.63, 3.8) is 0 Å². The molecule has 0 aliphatic heterocycles. The Balaban J connectivity index is 3.02. The van der Waals surface area contributed by atoms with Crippen molar-refractivity contribution in [3.8, 4) is 0 Å². The van der Waals surface area contributed by atoms with E-state index >= 15 is 0 Å². The van der Waals surface area contributed by atoms with E-state index in [0.29, 0.717) is 0 Å². The lowest BCUT2D eigenvalue weighted by Crippen LogP contribution is -2.10. The third-order valence-corrected chi connectivity index (χ3v) is 3.15. The number of carbonyl (C=O) groups excluding carboxylic acids is 1. The first-order valence-electron chi connectivity index (χ1n) is 5.65. The Morgan fingerprint density at radius 1 is 1.39 bits per heavy atom. The van der Waals surface area contributed by atoms with E-state index in [2.05, 4.69) is 0 Å². The van der Waals surface area contributed by atoms with Gasteiger partial charge in [-0.25, -0.2) is 0 Å². The van der Waals surface area contributed by atoms with Gasteiger partial charge in [0.2, 0.25) is 0 Å². The van der Waals surface area contributed by atoms with Gasteiger partial charge in [-0.2, -0.15) is 13.2 Å². The fraction of sp³-hybridized carbons (Fsp3) is 0.462. The van der Waals surface area contributed by atoms with Crippen LogP contribution < -0.4 is 0 Å². The summed E-state index contributed by atoms with van der Waals surface area (Å²) in [5, 5.41) is -0.386. The summed E-state index contributed by atoms with van der Waals surface area (Å²) >= 11 is 5.49. The number of ketones is 1. The molecule has 0 radical (unpaired) electrons. The molecule has 0 bridgehead atoms. The molecule has 0 amide bonds. The zero-order chi connectivity index (χ0) is 13.9. The molecule has 5 heteroatoms. The lowest BCUT2D eigenvalue weighted by Gasteiger charge is -2.11. The van der Waals surface area contributed by atoms with Crippen LogP contribution >= 0.6 is 11.6 Å². The highest BCUT2D eigenvalue weighted by Crippen LogP contribution is 2.35. The largest absolute Gasteiger partial charge is 0.417 e. The molecule has 0 saturated heterocycles. The molecule has 0 aliphatic rings. The third-order valence-electron chi connectivity index (χ3n) is 2.82. The Bertz CT molecular complexity index is 440. The first kappa shape index (κ1) is 15.0. The number of carbonyl (C=O) groups is 1. The summed E-state index contributed by atoms with van der Waals surface area (Å²) < 4.78 is 37.9. The van der Waals surface area contributed by atoms with Crippen LogP contribution in [0.15, 0.2) is 18.2 Å². The van der Waals surface area contributed by atoms with Crippen LogP contribution in [0.3, 0.4) is 0 Å². The molecule has 1 aromatic carbocycles. The summed E-state index contributed by atoms with van der Waals surface area (Å²) in [4.78, 5) is 11.8. The van der Waals surface area contributed by atoms with Crippen molar-refractivity contribution >= 4 is 17.4 Å². The summed E-state index contributed by atoms with van der Waals surface area (Å²) in [6.45, 7) is 3.82. The maximum Gasteiger partial charge on any atom is 0.417 e. The molecule has 1 nitrogen and oxygen atoms in total. The van der Waals surface area contributed by atoms with Gasteiger partial charge in [-0.1, -0.05) is 31.9 Å². The summed E-state index contributed by atoms with van der Waals surface area (Å²) in [5.41, 5.74) is -0.897. The second-order valence-corrected chi connectivity index (χ2v) is 4.74. The predicted octanol–water partition coefficient (Wildman–Crippen LogP) is 4.98. The van der Waals surface area contributed by atoms with E-state index in [4.69, 9.17) is 11.6 Å². The summed E-state index contributed by atoms with van der Waals surface area (Å²) in [5.74, 6) is -0.131. The second kappa shape index (κ2) is 5.74. The van der Waals surface area contributed by atoms with E-state index in [1.54, 1.807) is 0 Å². The molecule has 1 unspecified atom stereocenters. The van der Waals surface area contributed by atoms with E-state index in [1.165, 1.54) is 6.07 Å². The monoisotopic (exact) mass is 278 g/mol. The van der Waals surface area contributed by atoms with Gasteiger partial charge in [0.1, 0.15) is 0 Å². The van der Waals surface area contributed by atoms with Gasteiger partial charge in [-0.3, -0.25) is 4.79 Å². The SMILES string of the molecule is CCC(C)CC(=O)c1ccc(Cl)c(C(F)(F)F)c1. The van der Waals surface area contributed by atoms with Gasteiger partial charge in [-0.15, -0.1) is 0 Å². The molecule has 0 aliphatic carbocycles. The van der Waals surface area contributed by atoms with Gasteiger partial charge in [0.25, 0.3) is 0 Å². The highest BCUT2D eigenvalue weighted by Gasteiger charge is 2.33. The second-order valence-electron chi connectivity index (χ2n) is 4.33. The van der Waals surface area contributed by atoms with Gasteiger partial charge < -0.3 is 0 Å². The Hall–Kier alpha value is -1.03. The molecule has 0 N–H and O–H groups in total. The molecule has 100 valence electrons. The normalized spacial score (nSPS) is 13.4. The molecular weight excluding hydrogens is 265 g/mol. The van der Waals surface area contributed by atoms with Crippen molar-refractivity contribution in [1.29, 1.82) is 0 Å². The number of hydrogen-bond acceptors (Lipinski definition) is 1. The lowest BCUT2D eigenvalue weighted by atomic mass is 9.97. The average Bonchev–Trinajstić information content (AvgIpc) is 2.27. The van der Waals surface area contributed by atoms with Gasteiger partial charge in [-0.05, 0) is 24.1 Å². The van der Waals surface area contributed by atoms with Crippen molar-refractivity contribution in [1.82, 2.24) is 0 Å². The van der Waals surface area contributed by atoms with Crippen LogP contribution in [0.1, 0.15) is 42.6 Å². The Morgan fingerprint density at radius 3 is 2.50 bits per heavy atom. The molecule has 0 aromatic heterocycles. The zero-order valence-electron chi connectivity index (χ0n) is 10.1. The highest BCUT2D eigenvalue weighted by atomic mass is 35.5. The quantitative estimate of drug-likeness (QED) is 0.710. The Kier molecular flexibility index (Phi) is 4.79. The molecule has 1 atom stereocenters. The zero-order valence-corrected chi connectivity index (χ0v) is 10.9. The minimum Gasteiger partial charge on any atom is -0.294 e. The fourth-order valence-corrected chi connectivity index (χ4v) is 1.72. The number of Topliss-reactive ketones (excluding diaryl/α,β-unsaturated/α-hetero) is 1. The molecular formula is C13H14ClF3O. The predicted molar refractivity (Wildman–Crippen MR) is 64.9 cm³/mol. The smallest absolute Gasteiger partial charge is 0.294 e. The van der Waals surface area contributed by atoms with Crippen LogP contribution in [0.2, 0.25) is 5.02 Å². The Labute approximate surface area is 109 Å². The summed E-state index contributed by atoms with van der Waals surface area (Å²) in [6, 6.07) is 3.28. The van der Waals surface area contributed by atoms with E-state index in [1.807, 2.05) is 13.8 Å². The first-order valence-corrected chi connectivity index (χ1v) is 6.03. The van der Waals surface area contributed by atoms with Crippen LogP contribution in [0, 0.1) is 5.92 Å². The molecule has 1 aromatic rings. The first-order chi connectivity index (χ1) is 8.25. The number of rotatable bonds is 4. The minimum absolute atomic E-state index is 0.0621. The van der Waals surface area contributed by atoms with E-state index in [0.717, 1.165) is 18.6 Å². The van der Waals surface area contributed by atoms with Crippen molar-refractivity contribution in [3.05, 3.63) is 34.3 Å². The Morgan fingerprint density at radius 2 is 2.00 bits per heavy atom. The molecule has 0 heterocycles. The van der Waals surface area contributed by atoms with Crippen molar-refractivity contribution in [2.24, 2.45) is 5.92 Å². The number of alkyl halides is 3. The van der Waals surface area contributed by atoms with Gasteiger partial charge in [0.15, 0.2) is 5.78 Å². The maximum atomic E-state index is 12.6. The van der Waals surface area contributed by atoms with Crippen molar-refractivity contribution in [2.45, 2.75) is 32.9 Å². The van der Waals surface area contributed by atoms with Crippen LogP contribution in [-0.4, -0.2) is 5.78 Å². The minimum atomic E-state index is -4.54. The van der Waals surface area contributed by atoms with E-state index in [-0.39, 0.29) is 28.7 Å².